The first-order valence-electron chi connectivity index (χ1n) is 9.25. The van der Waals surface area contributed by atoms with Crippen LogP contribution in [0.4, 0.5) is 16.2 Å². The summed E-state index contributed by atoms with van der Waals surface area (Å²) in [7, 11) is 0. The molecule has 0 spiro atoms. The van der Waals surface area contributed by atoms with Crippen LogP contribution in [0.25, 0.3) is 20.9 Å². The van der Waals surface area contributed by atoms with E-state index < -0.39 is 11.7 Å². The Balaban J connectivity index is 1.54. The van der Waals surface area contributed by atoms with Gasteiger partial charge in [-0.05, 0) is 62.2 Å². The molecule has 0 bridgehead atoms. The van der Waals surface area contributed by atoms with E-state index in [1.54, 1.807) is 23.7 Å². The van der Waals surface area contributed by atoms with Crippen molar-refractivity contribution in [1.29, 1.82) is 0 Å². The molecule has 7 heteroatoms. The molecule has 1 aliphatic heterocycles. The van der Waals surface area contributed by atoms with E-state index in [1.807, 2.05) is 45.0 Å². The number of pyridine rings is 1. The molecular formula is C22H21N3O3S. The first-order valence-corrected chi connectivity index (χ1v) is 10.1. The predicted molar refractivity (Wildman–Crippen MR) is 115 cm³/mol. The summed E-state index contributed by atoms with van der Waals surface area (Å²) in [5, 5.41) is 5.58. The first-order chi connectivity index (χ1) is 13.8. The monoisotopic (exact) mass is 407 g/mol. The van der Waals surface area contributed by atoms with Gasteiger partial charge < -0.3 is 10.1 Å². The second kappa shape index (κ2) is 7.33. The lowest BCUT2D eigenvalue weighted by atomic mass is 10.1. The first kappa shape index (κ1) is 19.1. The highest BCUT2D eigenvalue weighted by atomic mass is 32.1. The molecule has 0 atom stereocenters. The summed E-state index contributed by atoms with van der Waals surface area (Å²) < 4.78 is 5.29. The van der Waals surface area contributed by atoms with Gasteiger partial charge in [0.1, 0.15) is 5.60 Å². The lowest BCUT2D eigenvalue weighted by Gasteiger charge is -2.19. The minimum absolute atomic E-state index is 0.0318. The number of benzene rings is 1. The lowest BCUT2D eigenvalue weighted by molar-refractivity contribution is -0.115. The molecule has 0 radical (unpaired) electrons. The van der Waals surface area contributed by atoms with Crippen molar-refractivity contribution in [2.45, 2.75) is 32.8 Å². The maximum absolute atomic E-state index is 12.0. The topological polar surface area (TPSA) is 80.3 Å². The molecule has 4 rings (SSSR count). The normalized spacial score (nSPS) is 13.0. The molecule has 1 aromatic carbocycles. The summed E-state index contributed by atoms with van der Waals surface area (Å²) in [5.74, 6) is 0.0318. The SMILES string of the molecule is CC(C)(C)OC(=O)Nc1cncc(-c2ccc(-c3ccc4c(c3)CC(=O)N4)s2)c1. The average molecular weight is 407 g/mol. The van der Waals surface area contributed by atoms with E-state index in [0.717, 1.165) is 32.1 Å². The maximum atomic E-state index is 12.0. The van der Waals surface area contributed by atoms with Crippen molar-refractivity contribution < 1.29 is 14.3 Å². The number of nitrogens with zero attached hydrogens (tertiary/aromatic N) is 1. The number of anilines is 2. The quantitative estimate of drug-likeness (QED) is 0.616. The van der Waals surface area contributed by atoms with E-state index >= 15 is 0 Å². The van der Waals surface area contributed by atoms with Gasteiger partial charge in [-0.2, -0.15) is 0 Å². The van der Waals surface area contributed by atoms with Crippen LogP contribution in [0.3, 0.4) is 0 Å². The fraction of sp³-hybridized carbons (Fsp3) is 0.227. The van der Waals surface area contributed by atoms with Crippen LogP contribution < -0.4 is 10.6 Å². The Morgan fingerprint density at radius 1 is 1.10 bits per heavy atom. The van der Waals surface area contributed by atoms with Gasteiger partial charge in [0, 0.05) is 27.2 Å². The van der Waals surface area contributed by atoms with Crippen molar-refractivity contribution in [3.63, 3.8) is 0 Å². The molecule has 1 aliphatic rings. The number of nitrogens with one attached hydrogen (secondary N) is 2. The minimum atomic E-state index is -0.562. The second-order valence-corrected chi connectivity index (χ2v) is 8.93. The Kier molecular flexibility index (Phi) is 4.84. The van der Waals surface area contributed by atoms with E-state index in [0.29, 0.717) is 12.1 Å². The third kappa shape index (κ3) is 4.46. The summed E-state index contributed by atoms with van der Waals surface area (Å²) in [4.78, 5) is 29.9. The Hall–Kier alpha value is -3.19. The number of hydrogen-bond acceptors (Lipinski definition) is 5. The third-order valence-corrected chi connectivity index (χ3v) is 5.47. The Morgan fingerprint density at radius 3 is 2.62 bits per heavy atom. The summed E-state index contributed by atoms with van der Waals surface area (Å²) in [6.07, 6.45) is 3.27. The van der Waals surface area contributed by atoms with Crippen molar-refractivity contribution in [2.75, 3.05) is 10.6 Å². The zero-order valence-corrected chi connectivity index (χ0v) is 17.2. The van der Waals surface area contributed by atoms with Gasteiger partial charge in [0.15, 0.2) is 0 Å². The lowest BCUT2D eigenvalue weighted by Crippen LogP contribution is -2.27. The van der Waals surface area contributed by atoms with Crippen LogP contribution in [0.1, 0.15) is 26.3 Å². The fourth-order valence-corrected chi connectivity index (χ4v) is 4.08. The minimum Gasteiger partial charge on any atom is -0.444 e. The van der Waals surface area contributed by atoms with E-state index in [9.17, 15) is 9.59 Å². The molecular weight excluding hydrogens is 386 g/mol. The van der Waals surface area contributed by atoms with Crippen LogP contribution >= 0.6 is 11.3 Å². The summed E-state index contributed by atoms with van der Waals surface area (Å²) in [6, 6.07) is 12.0. The maximum Gasteiger partial charge on any atom is 0.412 e. The van der Waals surface area contributed by atoms with Crippen molar-refractivity contribution in [2.24, 2.45) is 0 Å². The molecule has 0 unspecified atom stereocenters. The molecule has 2 N–H and O–H groups in total. The zero-order chi connectivity index (χ0) is 20.6. The van der Waals surface area contributed by atoms with E-state index in [4.69, 9.17) is 4.74 Å². The molecule has 148 valence electrons. The van der Waals surface area contributed by atoms with Crippen LogP contribution in [0.5, 0.6) is 0 Å². The summed E-state index contributed by atoms with van der Waals surface area (Å²) in [6.45, 7) is 5.46. The van der Waals surface area contributed by atoms with Crippen LogP contribution in [-0.4, -0.2) is 22.6 Å². The molecule has 6 nitrogen and oxygen atoms in total. The molecule has 29 heavy (non-hydrogen) atoms. The number of aromatic nitrogens is 1. The number of amides is 2. The van der Waals surface area contributed by atoms with E-state index in [2.05, 4.69) is 27.8 Å². The average Bonchev–Trinajstić information content (AvgIpc) is 3.25. The van der Waals surface area contributed by atoms with Gasteiger partial charge in [0.05, 0.1) is 18.3 Å². The van der Waals surface area contributed by atoms with Gasteiger partial charge in [0.25, 0.3) is 0 Å². The number of hydrogen-bond donors (Lipinski definition) is 2. The number of carbonyl (C=O) groups is 2. The van der Waals surface area contributed by atoms with Gasteiger partial charge >= 0.3 is 6.09 Å². The summed E-state index contributed by atoms with van der Waals surface area (Å²) >= 11 is 1.63. The molecule has 0 aliphatic carbocycles. The second-order valence-electron chi connectivity index (χ2n) is 7.85. The Bertz CT molecular complexity index is 1100. The fourth-order valence-electron chi connectivity index (χ4n) is 3.10. The number of fused-ring (bicyclic) bond motifs is 1. The van der Waals surface area contributed by atoms with Crippen LogP contribution in [0.2, 0.25) is 0 Å². The third-order valence-electron chi connectivity index (χ3n) is 4.29. The smallest absolute Gasteiger partial charge is 0.412 e. The van der Waals surface area contributed by atoms with Gasteiger partial charge in [-0.25, -0.2) is 4.79 Å². The van der Waals surface area contributed by atoms with Crippen molar-refractivity contribution in [1.82, 2.24) is 4.98 Å². The highest BCUT2D eigenvalue weighted by Gasteiger charge is 2.19. The Morgan fingerprint density at radius 2 is 1.86 bits per heavy atom. The van der Waals surface area contributed by atoms with Crippen LogP contribution in [-0.2, 0) is 16.0 Å². The molecule has 2 amide bonds. The van der Waals surface area contributed by atoms with E-state index in [1.165, 1.54) is 0 Å². The molecule has 2 aromatic heterocycles. The van der Waals surface area contributed by atoms with Gasteiger partial charge in [-0.15, -0.1) is 11.3 Å². The molecule has 3 aromatic rings. The van der Waals surface area contributed by atoms with Crippen molar-refractivity contribution in [3.8, 4) is 20.9 Å². The van der Waals surface area contributed by atoms with Crippen LogP contribution in [0, 0.1) is 0 Å². The standard InChI is InChI=1S/C22H21N3O3S/c1-22(2,3)28-21(27)24-16-9-15(11-23-12-16)19-7-6-18(29-19)13-4-5-17-14(8-13)10-20(26)25-17/h4-9,11-12H,10H2,1-3H3,(H,24,27)(H,25,26). The van der Waals surface area contributed by atoms with Crippen LogP contribution in [0.15, 0.2) is 48.8 Å². The van der Waals surface area contributed by atoms with Crippen molar-refractivity contribution in [3.05, 3.63) is 54.4 Å². The van der Waals surface area contributed by atoms with Gasteiger partial charge in [-0.3, -0.25) is 15.1 Å². The largest absolute Gasteiger partial charge is 0.444 e. The van der Waals surface area contributed by atoms with Gasteiger partial charge in [-0.1, -0.05) is 6.07 Å². The zero-order valence-electron chi connectivity index (χ0n) is 16.4. The Labute approximate surface area is 172 Å². The predicted octanol–water partition coefficient (Wildman–Crippen LogP) is 5.32. The number of carbonyl (C=O) groups excluding carboxylic acids is 2. The summed E-state index contributed by atoms with van der Waals surface area (Å²) in [5.41, 5.74) is 3.91. The molecule has 0 saturated heterocycles. The molecule has 0 fully saturated rings. The van der Waals surface area contributed by atoms with Gasteiger partial charge in [0.2, 0.25) is 5.91 Å². The molecule has 0 saturated carbocycles. The van der Waals surface area contributed by atoms with E-state index in [-0.39, 0.29) is 5.91 Å². The highest BCUT2D eigenvalue weighted by Crippen LogP contribution is 2.37. The number of ether oxygens (including phenoxy) is 1. The molecule has 3 heterocycles. The number of rotatable bonds is 3. The highest BCUT2D eigenvalue weighted by molar-refractivity contribution is 7.18. The van der Waals surface area contributed by atoms with Crippen molar-refractivity contribution >= 4 is 34.7 Å². The number of thiophene rings is 1.